The molecule has 0 radical (unpaired) electrons. The summed E-state index contributed by atoms with van der Waals surface area (Å²) in [4.78, 5) is 19.7. The molecule has 18 heavy (non-hydrogen) atoms. The Bertz CT molecular complexity index is 414. The number of aromatic nitrogens is 2. The summed E-state index contributed by atoms with van der Waals surface area (Å²) in [6.45, 7) is 3.43. The van der Waals surface area contributed by atoms with E-state index in [1.807, 2.05) is 0 Å². The van der Waals surface area contributed by atoms with Gasteiger partial charge in [0, 0.05) is 11.9 Å². The Morgan fingerprint density at radius 3 is 2.89 bits per heavy atom. The fraction of sp³-hybridized carbons (Fsp3) is 0.545. The number of aryl methyl sites for hydroxylation is 1. The van der Waals surface area contributed by atoms with Crippen molar-refractivity contribution in [1.29, 1.82) is 0 Å². The molecule has 0 aliphatic heterocycles. The maximum atomic E-state index is 11.5. The molecule has 1 aromatic rings. The first-order chi connectivity index (χ1) is 8.58. The maximum Gasteiger partial charge on any atom is 0.341 e. The summed E-state index contributed by atoms with van der Waals surface area (Å²) in [7, 11) is 0. The molecule has 6 nitrogen and oxygen atoms in total. The molecule has 1 aromatic heterocycles. The van der Waals surface area contributed by atoms with Crippen LogP contribution < -0.4 is 0 Å². The minimum atomic E-state index is -0.802. The minimum absolute atomic E-state index is 0.299. The van der Waals surface area contributed by atoms with Crippen LogP contribution in [0.4, 0.5) is 0 Å². The summed E-state index contributed by atoms with van der Waals surface area (Å²) < 4.78 is 4.87. The van der Waals surface area contributed by atoms with E-state index in [2.05, 4.69) is 9.97 Å². The number of ether oxygens (including phenoxy) is 1. The van der Waals surface area contributed by atoms with Crippen molar-refractivity contribution in [3.8, 4) is 0 Å². The lowest BCUT2D eigenvalue weighted by atomic mass is 10.2. The van der Waals surface area contributed by atoms with Gasteiger partial charge in [-0.05, 0) is 13.8 Å². The van der Waals surface area contributed by atoms with Crippen LogP contribution in [-0.4, -0.2) is 51.2 Å². The molecule has 1 rings (SSSR count). The molecule has 0 aliphatic carbocycles. The molecular formula is C11H16N2O4S. The summed E-state index contributed by atoms with van der Waals surface area (Å²) >= 11 is 1.22. The topological polar surface area (TPSA) is 92.5 Å². The van der Waals surface area contributed by atoms with Crippen molar-refractivity contribution in [2.24, 2.45) is 0 Å². The summed E-state index contributed by atoms with van der Waals surface area (Å²) in [5.74, 6) is -0.142. The minimum Gasteiger partial charge on any atom is -0.462 e. The average molecular weight is 272 g/mol. The van der Waals surface area contributed by atoms with Crippen molar-refractivity contribution >= 4 is 17.7 Å². The van der Waals surface area contributed by atoms with E-state index < -0.39 is 12.1 Å². The third-order valence-corrected chi connectivity index (χ3v) is 3.07. The lowest BCUT2D eigenvalue weighted by Gasteiger charge is -2.07. The number of carbonyl (C=O) groups excluding carboxylic acids is 1. The molecule has 1 atom stereocenters. The molecule has 100 valence electrons. The van der Waals surface area contributed by atoms with E-state index in [-0.39, 0.29) is 6.61 Å². The van der Waals surface area contributed by atoms with E-state index in [9.17, 15) is 9.90 Å². The van der Waals surface area contributed by atoms with Gasteiger partial charge in [-0.3, -0.25) is 0 Å². The average Bonchev–Trinajstić information content (AvgIpc) is 2.36. The standard InChI is InChI=1S/C11H16N2O4S/c1-3-17-10(16)9-4-12-11(13-7(9)2)18-6-8(15)5-14/h4,8,14-15H,3,5-6H2,1-2H3. The number of aliphatic hydroxyl groups excluding tert-OH is 2. The molecule has 0 aliphatic rings. The van der Waals surface area contributed by atoms with Crippen molar-refractivity contribution in [2.45, 2.75) is 25.1 Å². The zero-order valence-corrected chi connectivity index (χ0v) is 11.1. The first-order valence-electron chi connectivity index (χ1n) is 5.51. The number of carbonyl (C=O) groups is 1. The molecule has 7 heteroatoms. The van der Waals surface area contributed by atoms with Gasteiger partial charge in [0.2, 0.25) is 0 Å². The Hall–Kier alpha value is -1.18. The van der Waals surface area contributed by atoms with Gasteiger partial charge in [-0.1, -0.05) is 11.8 Å². The predicted octanol–water partition coefficient (Wildman–Crippen LogP) is 0.407. The van der Waals surface area contributed by atoms with Gasteiger partial charge < -0.3 is 14.9 Å². The molecule has 0 saturated carbocycles. The Labute approximate surface area is 109 Å². The number of hydrogen-bond acceptors (Lipinski definition) is 7. The van der Waals surface area contributed by atoms with Crippen LogP contribution in [0.1, 0.15) is 23.0 Å². The van der Waals surface area contributed by atoms with Gasteiger partial charge in [-0.15, -0.1) is 0 Å². The van der Waals surface area contributed by atoms with Gasteiger partial charge in [0.1, 0.15) is 0 Å². The van der Waals surface area contributed by atoms with Gasteiger partial charge in [0.15, 0.2) is 5.16 Å². The summed E-state index contributed by atoms with van der Waals surface area (Å²) in [6.07, 6.45) is 0.609. The first-order valence-corrected chi connectivity index (χ1v) is 6.49. The maximum absolute atomic E-state index is 11.5. The van der Waals surface area contributed by atoms with Crippen LogP contribution in [0, 0.1) is 6.92 Å². The molecule has 0 fully saturated rings. The highest BCUT2D eigenvalue weighted by Gasteiger charge is 2.13. The molecule has 1 unspecified atom stereocenters. The molecule has 0 spiro atoms. The van der Waals surface area contributed by atoms with Gasteiger partial charge in [0.25, 0.3) is 0 Å². The van der Waals surface area contributed by atoms with Crippen molar-refractivity contribution in [3.05, 3.63) is 17.5 Å². The van der Waals surface area contributed by atoms with Crippen LogP contribution in [0.25, 0.3) is 0 Å². The van der Waals surface area contributed by atoms with Crippen molar-refractivity contribution in [3.63, 3.8) is 0 Å². The van der Waals surface area contributed by atoms with E-state index in [4.69, 9.17) is 9.84 Å². The number of nitrogens with zero attached hydrogens (tertiary/aromatic N) is 2. The second kappa shape index (κ2) is 7.30. The first kappa shape index (κ1) is 14.9. The van der Waals surface area contributed by atoms with E-state index in [0.717, 1.165) is 0 Å². The third kappa shape index (κ3) is 4.25. The Balaban J connectivity index is 2.70. The van der Waals surface area contributed by atoms with Gasteiger partial charge >= 0.3 is 5.97 Å². The van der Waals surface area contributed by atoms with Crippen molar-refractivity contribution < 1.29 is 19.7 Å². The van der Waals surface area contributed by atoms with Crippen LogP contribution >= 0.6 is 11.8 Å². The van der Waals surface area contributed by atoms with Gasteiger partial charge in [-0.25, -0.2) is 14.8 Å². The zero-order valence-electron chi connectivity index (χ0n) is 10.3. The second-order valence-electron chi connectivity index (χ2n) is 3.52. The quantitative estimate of drug-likeness (QED) is 0.440. The highest BCUT2D eigenvalue weighted by molar-refractivity contribution is 7.99. The van der Waals surface area contributed by atoms with Crippen LogP contribution in [-0.2, 0) is 4.74 Å². The number of esters is 1. The SMILES string of the molecule is CCOC(=O)c1cnc(SCC(O)CO)nc1C. The second-order valence-corrected chi connectivity index (χ2v) is 4.51. The third-order valence-electron chi connectivity index (χ3n) is 2.07. The number of rotatable bonds is 6. The normalized spacial score (nSPS) is 12.2. The fourth-order valence-electron chi connectivity index (χ4n) is 1.15. The molecule has 1 heterocycles. The van der Waals surface area contributed by atoms with E-state index in [1.54, 1.807) is 13.8 Å². The number of thioether (sulfide) groups is 1. The molecule has 0 amide bonds. The van der Waals surface area contributed by atoms with Crippen LogP contribution in [0.3, 0.4) is 0 Å². The monoisotopic (exact) mass is 272 g/mol. The lowest BCUT2D eigenvalue weighted by Crippen LogP contribution is -2.15. The highest BCUT2D eigenvalue weighted by Crippen LogP contribution is 2.16. The molecule has 2 N–H and O–H groups in total. The van der Waals surface area contributed by atoms with Crippen LogP contribution in [0.5, 0.6) is 0 Å². The lowest BCUT2D eigenvalue weighted by molar-refractivity contribution is 0.0524. The molecule has 0 saturated heterocycles. The smallest absolute Gasteiger partial charge is 0.341 e. The van der Waals surface area contributed by atoms with Crippen molar-refractivity contribution in [2.75, 3.05) is 19.0 Å². The molecule has 0 aromatic carbocycles. The van der Waals surface area contributed by atoms with E-state index in [0.29, 0.717) is 28.8 Å². The summed E-state index contributed by atoms with van der Waals surface area (Å²) in [6, 6.07) is 0. The van der Waals surface area contributed by atoms with E-state index >= 15 is 0 Å². The Morgan fingerprint density at radius 1 is 1.61 bits per heavy atom. The Kier molecular flexibility index (Phi) is 6.03. The number of aliphatic hydroxyl groups is 2. The van der Waals surface area contributed by atoms with Crippen LogP contribution in [0.15, 0.2) is 11.4 Å². The largest absolute Gasteiger partial charge is 0.462 e. The highest BCUT2D eigenvalue weighted by atomic mass is 32.2. The predicted molar refractivity (Wildman–Crippen MR) is 66.5 cm³/mol. The van der Waals surface area contributed by atoms with E-state index in [1.165, 1.54) is 18.0 Å². The van der Waals surface area contributed by atoms with Crippen molar-refractivity contribution in [1.82, 2.24) is 9.97 Å². The fourth-order valence-corrected chi connectivity index (χ4v) is 1.92. The Morgan fingerprint density at radius 2 is 2.33 bits per heavy atom. The molecular weight excluding hydrogens is 256 g/mol. The molecule has 0 bridgehead atoms. The van der Waals surface area contributed by atoms with Crippen LogP contribution in [0.2, 0.25) is 0 Å². The zero-order chi connectivity index (χ0) is 13.5. The summed E-state index contributed by atoms with van der Waals surface area (Å²) in [5, 5.41) is 18.3. The number of hydrogen-bond donors (Lipinski definition) is 2. The van der Waals surface area contributed by atoms with Gasteiger partial charge in [-0.2, -0.15) is 0 Å². The summed E-state index contributed by atoms with van der Waals surface area (Å²) in [5.41, 5.74) is 0.869. The van der Waals surface area contributed by atoms with Gasteiger partial charge in [0.05, 0.1) is 30.6 Å².